The Labute approximate surface area is 237 Å². The maximum atomic E-state index is 13.3. The molecule has 1 aromatic heterocycles. The average molecular weight is 693 g/mol. The number of ether oxygens (including phenoxy) is 1. The van der Waals surface area contributed by atoms with Gasteiger partial charge in [-0.15, -0.1) is 0 Å². The normalized spacial score (nSPS) is 12.2. The van der Waals surface area contributed by atoms with Crippen molar-refractivity contribution in [2.24, 2.45) is 5.10 Å². The van der Waals surface area contributed by atoms with E-state index >= 15 is 0 Å². The molecule has 1 heterocycles. The smallest absolute Gasteiger partial charge is 0.282 e. The van der Waals surface area contributed by atoms with E-state index in [0.29, 0.717) is 37.0 Å². The van der Waals surface area contributed by atoms with Crippen LogP contribution in [0.4, 0.5) is 5.69 Å². The van der Waals surface area contributed by atoms with Crippen molar-refractivity contribution in [1.29, 1.82) is 0 Å². The van der Waals surface area contributed by atoms with E-state index in [2.05, 4.69) is 52.9 Å². The van der Waals surface area contributed by atoms with Crippen LogP contribution < -0.4 is 10.3 Å². The molecule has 0 aliphatic carbocycles. The third kappa shape index (κ3) is 6.16. The summed E-state index contributed by atoms with van der Waals surface area (Å²) in [5, 5.41) is 16.0. The molecule has 0 unspecified atom stereocenters. The average Bonchev–Trinajstić information content (AvgIpc) is 2.87. The van der Waals surface area contributed by atoms with Gasteiger partial charge in [-0.3, -0.25) is 14.9 Å². The molecule has 4 aromatic rings. The lowest BCUT2D eigenvalue weighted by atomic mass is 10.1. The molecule has 4 rings (SSSR count). The molecule has 0 N–H and O–H groups in total. The van der Waals surface area contributed by atoms with E-state index in [1.54, 1.807) is 24.4 Å². The second-order valence-corrected chi connectivity index (χ2v) is 11.0. The van der Waals surface area contributed by atoms with Gasteiger partial charge in [0, 0.05) is 22.5 Å². The molecule has 1 atom stereocenters. The molecule has 0 fully saturated rings. The van der Waals surface area contributed by atoms with Crippen LogP contribution in [0, 0.1) is 10.1 Å². The first-order chi connectivity index (χ1) is 17.7. The quantitative estimate of drug-likeness (QED) is 0.108. The number of hydrogen-bond acceptors (Lipinski definition) is 6. The van der Waals surface area contributed by atoms with E-state index in [4.69, 9.17) is 9.72 Å². The number of fused-ring (bicyclic) bond motifs is 1. The second kappa shape index (κ2) is 11.7. The van der Waals surface area contributed by atoms with Gasteiger partial charge < -0.3 is 4.74 Å². The van der Waals surface area contributed by atoms with Crippen molar-refractivity contribution >= 4 is 70.6 Å². The van der Waals surface area contributed by atoms with Crippen LogP contribution >= 0.6 is 47.8 Å². The van der Waals surface area contributed by atoms with Crippen LogP contribution in [0.15, 0.2) is 77.9 Å². The van der Waals surface area contributed by atoms with Crippen LogP contribution in [0.5, 0.6) is 5.75 Å². The zero-order chi connectivity index (χ0) is 26.7. The number of non-ortho nitro benzene ring substituents is 1. The number of nitrogens with zero attached hydrogens (tertiary/aromatic N) is 4. The lowest BCUT2D eigenvalue weighted by Crippen LogP contribution is -2.23. The van der Waals surface area contributed by atoms with E-state index in [-0.39, 0.29) is 23.8 Å². The zero-order valence-corrected chi connectivity index (χ0v) is 24.6. The van der Waals surface area contributed by atoms with Crippen molar-refractivity contribution in [2.75, 3.05) is 0 Å². The van der Waals surface area contributed by atoms with Crippen molar-refractivity contribution < 1.29 is 9.66 Å². The number of nitro groups is 1. The van der Waals surface area contributed by atoms with E-state index in [9.17, 15) is 14.9 Å². The third-order valence-corrected chi connectivity index (χ3v) is 7.41. The zero-order valence-electron chi connectivity index (χ0n) is 19.8. The molecule has 190 valence electrons. The van der Waals surface area contributed by atoms with Gasteiger partial charge in [-0.25, -0.2) is 4.98 Å². The van der Waals surface area contributed by atoms with Gasteiger partial charge in [0.25, 0.3) is 11.2 Å². The summed E-state index contributed by atoms with van der Waals surface area (Å²) in [7, 11) is 0. The summed E-state index contributed by atoms with van der Waals surface area (Å²) in [4.78, 5) is 28.6. The predicted octanol–water partition coefficient (Wildman–Crippen LogP) is 7.57. The van der Waals surface area contributed by atoms with Gasteiger partial charge in [0.1, 0.15) is 18.2 Å². The summed E-state index contributed by atoms with van der Waals surface area (Å²) < 4.78 is 9.38. The van der Waals surface area contributed by atoms with E-state index in [1.807, 2.05) is 38.1 Å². The van der Waals surface area contributed by atoms with Gasteiger partial charge in [-0.2, -0.15) is 9.78 Å². The Morgan fingerprint density at radius 2 is 1.86 bits per heavy atom. The van der Waals surface area contributed by atoms with Gasteiger partial charge in [-0.1, -0.05) is 41.9 Å². The van der Waals surface area contributed by atoms with Gasteiger partial charge in [0.2, 0.25) is 0 Å². The molecular weight excluding hydrogens is 672 g/mol. The number of nitro benzene ring substituents is 1. The Morgan fingerprint density at radius 3 is 2.54 bits per heavy atom. The molecule has 0 saturated heterocycles. The fourth-order valence-corrected chi connectivity index (χ4v) is 5.42. The van der Waals surface area contributed by atoms with Crippen molar-refractivity contribution in [1.82, 2.24) is 9.66 Å². The predicted molar refractivity (Wildman–Crippen MR) is 155 cm³/mol. The van der Waals surface area contributed by atoms with Crippen LogP contribution in [-0.2, 0) is 6.61 Å². The highest BCUT2D eigenvalue weighted by Crippen LogP contribution is 2.35. The Balaban J connectivity index is 1.64. The Morgan fingerprint density at radius 1 is 1.14 bits per heavy atom. The van der Waals surface area contributed by atoms with Gasteiger partial charge in [-0.05, 0) is 79.7 Å². The minimum absolute atomic E-state index is 0.00771. The van der Waals surface area contributed by atoms with Crippen LogP contribution in [0.2, 0.25) is 0 Å². The number of aromatic nitrogens is 2. The standard InChI is InChI=1S/C26H21Br3N4O4/c1-3-15(2)25-31-23-8-7-18(27)12-20(23)26(34)32(25)30-13-17-10-21(28)24(22(29)11-17)37-14-16-5-4-6-19(9-16)33(35)36/h4-13,15H,3,14H2,1-2H3/t15-/m0/s1. The summed E-state index contributed by atoms with van der Waals surface area (Å²) in [6.07, 6.45) is 2.40. The summed E-state index contributed by atoms with van der Waals surface area (Å²) >= 11 is 10.5. The third-order valence-electron chi connectivity index (χ3n) is 5.73. The second-order valence-electron chi connectivity index (χ2n) is 8.33. The van der Waals surface area contributed by atoms with Crippen molar-refractivity contribution in [3.8, 4) is 5.75 Å². The molecule has 11 heteroatoms. The minimum atomic E-state index is -0.439. The number of hydrogen-bond donors (Lipinski definition) is 0. The minimum Gasteiger partial charge on any atom is -0.487 e. The molecule has 37 heavy (non-hydrogen) atoms. The summed E-state index contributed by atoms with van der Waals surface area (Å²) in [5.74, 6) is 1.16. The largest absolute Gasteiger partial charge is 0.487 e. The molecule has 0 saturated carbocycles. The monoisotopic (exact) mass is 690 g/mol. The molecule has 3 aromatic carbocycles. The summed E-state index contributed by atoms with van der Waals surface area (Å²) in [6, 6.07) is 15.4. The van der Waals surface area contributed by atoms with Gasteiger partial charge in [0.05, 0.1) is 31.0 Å². The van der Waals surface area contributed by atoms with Crippen LogP contribution in [0.1, 0.15) is 43.1 Å². The Bertz CT molecular complexity index is 1560. The fraction of sp³-hybridized carbons (Fsp3) is 0.192. The number of rotatable bonds is 8. The SMILES string of the molecule is CC[C@H](C)c1nc2ccc(Br)cc2c(=O)n1N=Cc1cc(Br)c(OCc2cccc([N+](=O)[O-])c2)c(Br)c1. The maximum absolute atomic E-state index is 13.3. The topological polar surface area (TPSA) is 99.6 Å². The molecule has 0 radical (unpaired) electrons. The number of halogens is 3. The van der Waals surface area contributed by atoms with Crippen LogP contribution in [-0.4, -0.2) is 20.8 Å². The van der Waals surface area contributed by atoms with Crippen LogP contribution in [0.25, 0.3) is 10.9 Å². The first-order valence-corrected chi connectivity index (χ1v) is 13.7. The molecule has 0 bridgehead atoms. The molecule has 0 amide bonds. The van der Waals surface area contributed by atoms with Crippen molar-refractivity contribution in [3.63, 3.8) is 0 Å². The highest BCUT2D eigenvalue weighted by molar-refractivity contribution is 9.11. The highest BCUT2D eigenvalue weighted by Gasteiger charge is 2.16. The lowest BCUT2D eigenvalue weighted by Gasteiger charge is -2.14. The van der Waals surface area contributed by atoms with Crippen molar-refractivity contribution in [2.45, 2.75) is 32.8 Å². The first kappa shape index (κ1) is 27.2. The van der Waals surface area contributed by atoms with Crippen LogP contribution in [0.3, 0.4) is 0 Å². The lowest BCUT2D eigenvalue weighted by molar-refractivity contribution is -0.384. The Hall–Kier alpha value is -2.89. The Kier molecular flexibility index (Phi) is 8.56. The summed E-state index contributed by atoms with van der Waals surface area (Å²) in [6.45, 7) is 4.20. The highest BCUT2D eigenvalue weighted by atomic mass is 79.9. The van der Waals surface area contributed by atoms with Gasteiger partial charge in [0.15, 0.2) is 0 Å². The van der Waals surface area contributed by atoms with E-state index < -0.39 is 4.92 Å². The van der Waals surface area contributed by atoms with E-state index in [1.165, 1.54) is 16.8 Å². The van der Waals surface area contributed by atoms with E-state index in [0.717, 1.165) is 16.5 Å². The molecular formula is C26H21Br3N4O4. The molecule has 8 nitrogen and oxygen atoms in total. The molecule has 0 aliphatic rings. The first-order valence-electron chi connectivity index (χ1n) is 11.3. The number of benzene rings is 3. The molecule has 0 aliphatic heterocycles. The summed E-state index contributed by atoms with van der Waals surface area (Å²) in [5.41, 5.74) is 1.79. The van der Waals surface area contributed by atoms with Crippen molar-refractivity contribution in [3.05, 3.63) is 105 Å². The molecule has 0 spiro atoms. The fourth-order valence-electron chi connectivity index (χ4n) is 3.61. The van der Waals surface area contributed by atoms with Gasteiger partial charge >= 0.3 is 0 Å². The maximum Gasteiger partial charge on any atom is 0.282 e.